The Kier molecular flexibility index (Phi) is 6.49. The van der Waals surface area contributed by atoms with Gasteiger partial charge in [-0.25, -0.2) is 4.79 Å². The summed E-state index contributed by atoms with van der Waals surface area (Å²) in [6.07, 6.45) is -0.325. The van der Waals surface area contributed by atoms with Crippen LogP contribution in [0.1, 0.15) is 42.1 Å². The number of benzene rings is 2. The molecule has 0 aliphatic heterocycles. The predicted molar refractivity (Wildman–Crippen MR) is 100 cm³/mol. The number of methoxy groups -OCH3 is 1. The van der Waals surface area contributed by atoms with Gasteiger partial charge in [0.1, 0.15) is 6.42 Å². The summed E-state index contributed by atoms with van der Waals surface area (Å²) in [5.41, 5.74) is 2.55. The number of hydrogen-bond donors (Lipinski definition) is 2. The fourth-order valence-electron chi connectivity index (χ4n) is 2.35. The average molecular weight is 354 g/mol. The van der Waals surface area contributed by atoms with E-state index in [1.165, 1.54) is 18.7 Å². The quantitative estimate of drug-likeness (QED) is 0.613. The van der Waals surface area contributed by atoms with Crippen LogP contribution in [0.5, 0.6) is 0 Å². The Labute approximate surface area is 152 Å². The van der Waals surface area contributed by atoms with Crippen molar-refractivity contribution in [1.82, 2.24) is 0 Å². The van der Waals surface area contributed by atoms with Crippen molar-refractivity contribution in [2.24, 2.45) is 0 Å². The van der Waals surface area contributed by atoms with E-state index in [-0.39, 0.29) is 6.42 Å². The first-order chi connectivity index (χ1) is 12.4. The molecule has 0 aliphatic rings. The van der Waals surface area contributed by atoms with Crippen LogP contribution in [0.2, 0.25) is 0 Å². The molecule has 26 heavy (non-hydrogen) atoms. The minimum absolute atomic E-state index is 0.319. The molecule has 2 amide bonds. The van der Waals surface area contributed by atoms with Crippen LogP contribution < -0.4 is 10.6 Å². The van der Waals surface area contributed by atoms with E-state index in [1.807, 2.05) is 24.3 Å². The maximum Gasteiger partial charge on any atom is 0.337 e. The minimum atomic E-state index is -0.497. The zero-order valence-corrected chi connectivity index (χ0v) is 15.0. The Morgan fingerprint density at radius 1 is 0.923 bits per heavy atom. The number of carbonyl (C=O) groups excluding carboxylic acids is 3. The van der Waals surface area contributed by atoms with Gasteiger partial charge in [-0.05, 0) is 41.8 Å². The maximum absolute atomic E-state index is 12.0. The second-order valence-corrected chi connectivity index (χ2v) is 6.12. The van der Waals surface area contributed by atoms with Crippen LogP contribution >= 0.6 is 0 Å². The molecule has 0 atom stereocenters. The lowest BCUT2D eigenvalue weighted by Crippen LogP contribution is -2.21. The first kappa shape index (κ1) is 19.2. The molecule has 0 spiro atoms. The fourth-order valence-corrected chi connectivity index (χ4v) is 2.35. The highest BCUT2D eigenvalue weighted by molar-refractivity contribution is 6.08. The Bertz CT molecular complexity index is 798. The summed E-state index contributed by atoms with van der Waals surface area (Å²) in [4.78, 5) is 35.5. The van der Waals surface area contributed by atoms with E-state index >= 15 is 0 Å². The van der Waals surface area contributed by atoms with Crippen molar-refractivity contribution in [3.05, 3.63) is 59.7 Å². The number of ether oxygens (including phenoxy) is 1. The third kappa shape index (κ3) is 5.44. The molecule has 6 heteroatoms. The van der Waals surface area contributed by atoms with Crippen LogP contribution in [0.15, 0.2) is 48.5 Å². The van der Waals surface area contributed by atoms with E-state index in [0.29, 0.717) is 22.9 Å². The molecule has 0 saturated heterocycles. The summed E-state index contributed by atoms with van der Waals surface area (Å²) >= 11 is 0. The van der Waals surface area contributed by atoms with Crippen molar-refractivity contribution >= 4 is 29.2 Å². The van der Waals surface area contributed by atoms with E-state index < -0.39 is 17.8 Å². The van der Waals surface area contributed by atoms with Crippen molar-refractivity contribution < 1.29 is 19.1 Å². The fraction of sp³-hybridized carbons (Fsp3) is 0.250. The molecule has 0 heterocycles. The number of esters is 1. The van der Waals surface area contributed by atoms with Crippen LogP contribution in [-0.4, -0.2) is 24.9 Å². The van der Waals surface area contributed by atoms with Gasteiger partial charge in [0.15, 0.2) is 0 Å². The van der Waals surface area contributed by atoms with E-state index in [1.54, 1.807) is 18.2 Å². The summed E-state index contributed by atoms with van der Waals surface area (Å²) in [5, 5.41) is 5.28. The number of anilines is 2. The van der Waals surface area contributed by atoms with Gasteiger partial charge in [0.25, 0.3) is 0 Å². The third-order valence-electron chi connectivity index (χ3n) is 3.75. The second-order valence-electron chi connectivity index (χ2n) is 6.12. The molecular formula is C20H22N2O4. The number of carbonyl (C=O) groups is 3. The lowest BCUT2D eigenvalue weighted by molar-refractivity contribution is -0.123. The van der Waals surface area contributed by atoms with Gasteiger partial charge in [-0.2, -0.15) is 0 Å². The largest absolute Gasteiger partial charge is 0.465 e. The molecule has 0 saturated carbocycles. The Hall–Kier alpha value is -3.15. The predicted octanol–water partition coefficient (Wildman–Crippen LogP) is 3.56. The highest BCUT2D eigenvalue weighted by Crippen LogP contribution is 2.17. The SMILES string of the molecule is COC(=O)c1cccc(NC(=O)CC(=O)Nc2ccc(C(C)C)cc2)c1. The normalized spacial score (nSPS) is 10.3. The molecule has 136 valence electrons. The molecule has 0 bridgehead atoms. The smallest absolute Gasteiger partial charge is 0.337 e. The molecule has 2 rings (SSSR count). The van der Waals surface area contributed by atoms with Crippen molar-refractivity contribution in [1.29, 1.82) is 0 Å². The van der Waals surface area contributed by atoms with Crippen LogP contribution in [0.25, 0.3) is 0 Å². The summed E-state index contributed by atoms with van der Waals surface area (Å²) in [6.45, 7) is 4.18. The lowest BCUT2D eigenvalue weighted by atomic mass is 10.0. The molecule has 2 aromatic rings. The van der Waals surface area contributed by atoms with Gasteiger partial charge in [0.2, 0.25) is 11.8 Å². The zero-order valence-electron chi connectivity index (χ0n) is 15.0. The van der Waals surface area contributed by atoms with E-state index in [0.717, 1.165) is 0 Å². The van der Waals surface area contributed by atoms with Crippen LogP contribution in [-0.2, 0) is 14.3 Å². The summed E-state index contributed by atoms with van der Waals surface area (Å²) in [7, 11) is 1.28. The van der Waals surface area contributed by atoms with Gasteiger partial charge >= 0.3 is 5.97 Å². The molecule has 0 unspecified atom stereocenters. The molecule has 0 aliphatic carbocycles. The first-order valence-electron chi connectivity index (χ1n) is 8.27. The van der Waals surface area contributed by atoms with Gasteiger partial charge in [0.05, 0.1) is 12.7 Å². The number of nitrogens with one attached hydrogen (secondary N) is 2. The van der Waals surface area contributed by atoms with Crippen molar-refractivity contribution in [3.63, 3.8) is 0 Å². The monoisotopic (exact) mass is 354 g/mol. The van der Waals surface area contributed by atoms with Crippen LogP contribution in [0.3, 0.4) is 0 Å². The highest BCUT2D eigenvalue weighted by Gasteiger charge is 2.12. The molecule has 0 aromatic heterocycles. The van der Waals surface area contributed by atoms with Gasteiger partial charge in [-0.1, -0.05) is 32.0 Å². The molecule has 0 fully saturated rings. The lowest BCUT2D eigenvalue weighted by Gasteiger charge is -2.09. The van der Waals surface area contributed by atoms with Crippen molar-refractivity contribution in [2.45, 2.75) is 26.2 Å². The van der Waals surface area contributed by atoms with Gasteiger partial charge in [-0.3, -0.25) is 9.59 Å². The molecule has 0 radical (unpaired) electrons. The minimum Gasteiger partial charge on any atom is -0.465 e. The summed E-state index contributed by atoms with van der Waals surface area (Å²) in [6, 6.07) is 13.8. The van der Waals surface area contributed by atoms with Crippen molar-refractivity contribution in [3.8, 4) is 0 Å². The van der Waals surface area contributed by atoms with Gasteiger partial charge < -0.3 is 15.4 Å². The molecule has 6 nitrogen and oxygen atoms in total. The van der Waals surface area contributed by atoms with Crippen LogP contribution in [0.4, 0.5) is 11.4 Å². The van der Waals surface area contributed by atoms with E-state index in [2.05, 4.69) is 29.2 Å². The van der Waals surface area contributed by atoms with Crippen molar-refractivity contribution in [2.75, 3.05) is 17.7 Å². The molecule has 2 N–H and O–H groups in total. The zero-order chi connectivity index (χ0) is 19.1. The van der Waals surface area contributed by atoms with E-state index in [9.17, 15) is 14.4 Å². The number of amides is 2. The molecule has 2 aromatic carbocycles. The topological polar surface area (TPSA) is 84.5 Å². The Morgan fingerprint density at radius 2 is 1.54 bits per heavy atom. The standard InChI is InChI=1S/C20H22N2O4/c1-13(2)14-7-9-16(10-8-14)21-18(23)12-19(24)22-17-6-4-5-15(11-17)20(25)26-3/h4-11,13H,12H2,1-3H3,(H,21,23)(H,22,24). The summed E-state index contributed by atoms with van der Waals surface area (Å²) in [5.74, 6) is -0.970. The second kappa shape index (κ2) is 8.80. The average Bonchev–Trinajstić information content (AvgIpc) is 2.61. The summed E-state index contributed by atoms with van der Waals surface area (Å²) < 4.78 is 4.63. The van der Waals surface area contributed by atoms with Gasteiger partial charge in [-0.15, -0.1) is 0 Å². The number of rotatable bonds is 6. The third-order valence-corrected chi connectivity index (χ3v) is 3.75. The van der Waals surface area contributed by atoms with Crippen LogP contribution in [0, 0.1) is 0 Å². The van der Waals surface area contributed by atoms with E-state index in [4.69, 9.17) is 0 Å². The highest BCUT2D eigenvalue weighted by atomic mass is 16.5. The first-order valence-corrected chi connectivity index (χ1v) is 8.27. The van der Waals surface area contributed by atoms with Gasteiger partial charge in [0, 0.05) is 11.4 Å². The number of hydrogen-bond acceptors (Lipinski definition) is 4. The Balaban J connectivity index is 1.91. The molecular weight excluding hydrogens is 332 g/mol. The Morgan fingerprint density at radius 3 is 2.12 bits per heavy atom. The maximum atomic E-state index is 12.0.